The van der Waals surface area contributed by atoms with Crippen LogP contribution in [0.4, 0.5) is 0 Å². The molecule has 0 saturated carbocycles. The van der Waals surface area contributed by atoms with Gasteiger partial charge in [0.15, 0.2) is 0 Å². The molecule has 0 aromatic heterocycles. The number of nitrogens with zero attached hydrogens (tertiary/aromatic N) is 1. The van der Waals surface area contributed by atoms with Crippen molar-refractivity contribution < 1.29 is 19.4 Å². The Kier molecular flexibility index (Phi) is 4.66. The second kappa shape index (κ2) is 6.16. The number of carboxylic acids is 1. The molecule has 2 atom stereocenters. The van der Waals surface area contributed by atoms with Gasteiger partial charge >= 0.3 is 5.97 Å². The number of benzene rings is 1. The minimum absolute atomic E-state index is 0.0610. The Morgan fingerprint density at radius 1 is 1.23 bits per heavy atom. The van der Waals surface area contributed by atoms with Crippen LogP contribution in [0.3, 0.4) is 0 Å². The zero-order chi connectivity index (χ0) is 16.5. The van der Waals surface area contributed by atoms with Gasteiger partial charge in [-0.25, -0.2) is 0 Å². The molecular weight excluding hydrogens is 282 g/mol. The Labute approximate surface area is 131 Å². The van der Waals surface area contributed by atoms with Crippen LogP contribution in [-0.2, 0) is 4.79 Å². The molecule has 22 heavy (non-hydrogen) atoms. The van der Waals surface area contributed by atoms with E-state index in [0.717, 1.165) is 5.56 Å². The van der Waals surface area contributed by atoms with Crippen molar-refractivity contribution in [2.24, 2.45) is 5.92 Å². The zero-order valence-electron chi connectivity index (χ0n) is 13.9. The lowest BCUT2D eigenvalue weighted by molar-refractivity contribution is -0.141. The lowest BCUT2D eigenvalue weighted by Gasteiger charge is -2.31. The fraction of sp³-hybridized carbons (Fsp3) is 0.588. The highest BCUT2D eigenvalue weighted by atomic mass is 16.5. The smallest absolute Gasteiger partial charge is 0.308 e. The Hall–Kier alpha value is -1.75. The van der Waals surface area contributed by atoms with Gasteiger partial charge in [0.25, 0.3) is 0 Å². The van der Waals surface area contributed by atoms with Gasteiger partial charge in [-0.05, 0) is 39.0 Å². The van der Waals surface area contributed by atoms with Crippen molar-refractivity contribution in [3.8, 4) is 11.5 Å². The van der Waals surface area contributed by atoms with Gasteiger partial charge in [0.05, 0.1) is 20.1 Å². The summed E-state index contributed by atoms with van der Waals surface area (Å²) in [4.78, 5) is 13.9. The average Bonchev–Trinajstić information content (AvgIpc) is 2.91. The third-order valence-corrected chi connectivity index (χ3v) is 4.42. The molecule has 0 aliphatic carbocycles. The number of carboxylic acid groups (broad SMARTS) is 1. The molecule has 0 amide bonds. The highest BCUT2D eigenvalue weighted by molar-refractivity contribution is 5.73. The van der Waals surface area contributed by atoms with E-state index in [9.17, 15) is 9.90 Å². The summed E-state index contributed by atoms with van der Waals surface area (Å²) in [5, 5.41) is 9.62. The zero-order valence-corrected chi connectivity index (χ0v) is 13.9. The van der Waals surface area contributed by atoms with E-state index in [1.54, 1.807) is 14.2 Å². The maximum atomic E-state index is 11.7. The molecule has 1 aromatic carbocycles. The summed E-state index contributed by atoms with van der Waals surface area (Å²) in [5.74, 6) is 0.116. The first-order chi connectivity index (χ1) is 10.3. The highest BCUT2D eigenvalue weighted by Crippen LogP contribution is 2.41. The second-order valence-corrected chi connectivity index (χ2v) is 6.73. The Morgan fingerprint density at radius 2 is 1.91 bits per heavy atom. The summed E-state index contributed by atoms with van der Waals surface area (Å²) in [6.07, 6.45) is 0. The third kappa shape index (κ3) is 3.19. The van der Waals surface area contributed by atoms with Crippen molar-refractivity contribution >= 4 is 5.97 Å². The molecule has 1 aromatic rings. The quantitative estimate of drug-likeness (QED) is 0.926. The lowest BCUT2D eigenvalue weighted by Crippen LogP contribution is -2.40. The van der Waals surface area contributed by atoms with E-state index in [2.05, 4.69) is 25.7 Å². The molecule has 1 saturated heterocycles. The van der Waals surface area contributed by atoms with Crippen molar-refractivity contribution in [1.82, 2.24) is 4.90 Å². The molecule has 0 bridgehead atoms. The van der Waals surface area contributed by atoms with Crippen LogP contribution in [0.5, 0.6) is 11.5 Å². The van der Waals surface area contributed by atoms with Crippen LogP contribution in [-0.4, -0.2) is 48.8 Å². The molecule has 0 unspecified atom stereocenters. The van der Waals surface area contributed by atoms with Gasteiger partial charge in [-0.1, -0.05) is 0 Å². The number of hydrogen-bond acceptors (Lipinski definition) is 4. The number of ether oxygens (including phenoxy) is 2. The van der Waals surface area contributed by atoms with Crippen molar-refractivity contribution in [1.29, 1.82) is 0 Å². The maximum absolute atomic E-state index is 11.7. The number of aliphatic carboxylic acids is 1. The fourth-order valence-electron chi connectivity index (χ4n) is 3.05. The van der Waals surface area contributed by atoms with Gasteiger partial charge in [0.1, 0.15) is 11.5 Å². The van der Waals surface area contributed by atoms with Crippen LogP contribution in [0.2, 0.25) is 0 Å². The molecule has 5 nitrogen and oxygen atoms in total. The normalized spacial score (nSPS) is 22.6. The van der Waals surface area contributed by atoms with Gasteiger partial charge in [-0.15, -0.1) is 0 Å². The SMILES string of the molecule is COc1ccc(OC)c([C@@H]2CN(C(C)(C)C)C[C@H]2C(=O)O)c1. The minimum Gasteiger partial charge on any atom is -0.497 e. The summed E-state index contributed by atoms with van der Waals surface area (Å²) in [6.45, 7) is 7.57. The summed E-state index contributed by atoms with van der Waals surface area (Å²) >= 11 is 0. The molecule has 1 fully saturated rings. The molecular formula is C17H25NO4. The summed E-state index contributed by atoms with van der Waals surface area (Å²) in [6, 6.07) is 5.56. The van der Waals surface area contributed by atoms with E-state index < -0.39 is 11.9 Å². The van der Waals surface area contributed by atoms with E-state index in [-0.39, 0.29) is 11.5 Å². The van der Waals surface area contributed by atoms with E-state index in [0.29, 0.717) is 24.6 Å². The Balaban J connectivity index is 2.42. The predicted molar refractivity (Wildman–Crippen MR) is 84.7 cm³/mol. The van der Waals surface area contributed by atoms with Gasteiger partial charge in [-0.3, -0.25) is 9.69 Å². The van der Waals surface area contributed by atoms with E-state index in [4.69, 9.17) is 9.47 Å². The van der Waals surface area contributed by atoms with E-state index in [1.807, 2.05) is 18.2 Å². The molecule has 0 radical (unpaired) electrons. The van der Waals surface area contributed by atoms with Crippen LogP contribution in [0.1, 0.15) is 32.3 Å². The number of rotatable bonds is 4. The van der Waals surface area contributed by atoms with Crippen LogP contribution >= 0.6 is 0 Å². The molecule has 122 valence electrons. The second-order valence-electron chi connectivity index (χ2n) is 6.73. The van der Waals surface area contributed by atoms with Crippen molar-refractivity contribution in [2.45, 2.75) is 32.2 Å². The van der Waals surface area contributed by atoms with Crippen LogP contribution in [0.25, 0.3) is 0 Å². The number of hydrogen-bond donors (Lipinski definition) is 1. The van der Waals surface area contributed by atoms with Gasteiger partial charge < -0.3 is 14.6 Å². The van der Waals surface area contributed by atoms with Crippen LogP contribution < -0.4 is 9.47 Å². The number of methoxy groups -OCH3 is 2. The first-order valence-electron chi connectivity index (χ1n) is 7.47. The molecule has 1 aliphatic heterocycles. The fourth-order valence-corrected chi connectivity index (χ4v) is 3.05. The van der Waals surface area contributed by atoms with Crippen LogP contribution in [0.15, 0.2) is 18.2 Å². The summed E-state index contributed by atoms with van der Waals surface area (Å²) < 4.78 is 10.7. The lowest BCUT2D eigenvalue weighted by atomic mass is 9.88. The standard InChI is InChI=1S/C17H25NO4/c1-17(2,3)18-9-13(14(10-18)16(19)20)12-8-11(21-4)6-7-15(12)22-5/h6-8,13-14H,9-10H2,1-5H3,(H,19,20)/t13-,14+/m0/s1. The topological polar surface area (TPSA) is 59.0 Å². The largest absolute Gasteiger partial charge is 0.497 e. The number of carbonyl (C=O) groups is 1. The van der Waals surface area contributed by atoms with E-state index in [1.165, 1.54) is 0 Å². The molecule has 1 heterocycles. The molecule has 5 heteroatoms. The Bertz CT molecular complexity index is 550. The van der Waals surface area contributed by atoms with Gasteiger partial charge in [0, 0.05) is 30.1 Å². The molecule has 1 N–H and O–H groups in total. The number of likely N-dealkylation sites (tertiary alicyclic amines) is 1. The average molecular weight is 307 g/mol. The summed E-state index contributed by atoms with van der Waals surface area (Å²) in [5.41, 5.74) is 0.843. The summed E-state index contributed by atoms with van der Waals surface area (Å²) in [7, 11) is 3.22. The van der Waals surface area contributed by atoms with Crippen molar-refractivity contribution in [2.75, 3.05) is 27.3 Å². The van der Waals surface area contributed by atoms with Crippen molar-refractivity contribution in [3.05, 3.63) is 23.8 Å². The van der Waals surface area contributed by atoms with Crippen molar-refractivity contribution in [3.63, 3.8) is 0 Å². The first-order valence-corrected chi connectivity index (χ1v) is 7.47. The van der Waals surface area contributed by atoms with Gasteiger partial charge in [-0.2, -0.15) is 0 Å². The molecule has 0 spiro atoms. The van der Waals surface area contributed by atoms with Gasteiger partial charge in [0.2, 0.25) is 0 Å². The molecule has 1 aliphatic rings. The Morgan fingerprint density at radius 3 is 2.41 bits per heavy atom. The molecule has 2 rings (SSSR count). The maximum Gasteiger partial charge on any atom is 0.308 e. The minimum atomic E-state index is -0.762. The monoisotopic (exact) mass is 307 g/mol. The van der Waals surface area contributed by atoms with E-state index >= 15 is 0 Å². The highest BCUT2D eigenvalue weighted by Gasteiger charge is 2.43. The predicted octanol–water partition coefficient (Wildman–Crippen LogP) is 2.60. The van der Waals surface area contributed by atoms with Crippen LogP contribution in [0, 0.1) is 5.92 Å². The first kappa shape index (κ1) is 16.6. The third-order valence-electron chi connectivity index (χ3n) is 4.42.